The van der Waals surface area contributed by atoms with Crippen molar-refractivity contribution in [1.82, 2.24) is 14.7 Å². The van der Waals surface area contributed by atoms with Crippen LogP contribution in [-0.4, -0.2) is 49.9 Å². The summed E-state index contributed by atoms with van der Waals surface area (Å²) in [4.78, 5) is 50.3. The van der Waals surface area contributed by atoms with Crippen LogP contribution < -0.4 is 5.32 Å². The summed E-state index contributed by atoms with van der Waals surface area (Å²) in [6, 6.07) is 3.02. The van der Waals surface area contributed by atoms with Gasteiger partial charge in [-0.2, -0.15) is 4.68 Å². The average molecular weight is 491 g/mol. The van der Waals surface area contributed by atoms with E-state index in [-0.39, 0.29) is 30.2 Å². The fourth-order valence-corrected chi connectivity index (χ4v) is 3.80. The van der Waals surface area contributed by atoms with Crippen molar-refractivity contribution >= 4 is 29.6 Å². The Morgan fingerprint density at radius 3 is 2.49 bits per heavy atom. The fraction of sp³-hybridized carbons (Fsp3) is 0.455. The lowest BCUT2D eigenvalue weighted by molar-refractivity contribution is -0.385. The van der Waals surface area contributed by atoms with Gasteiger partial charge < -0.3 is 14.8 Å². The number of nitrogens with zero attached hydrogens (tertiary/aromatic N) is 4. The highest BCUT2D eigenvalue weighted by Gasteiger charge is 2.48. The molecule has 12 nitrogen and oxygen atoms in total. The van der Waals surface area contributed by atoms with Crippen LogP contribution >= 0.6 is 0 Å². The van der Waals surface area contributed by atoms with Gasteiger partial charge in [-0.15, -0.1) is 5.10 Å². The third kappa shape index (κ3) is 4.79. The molecular weight excluding hydrogens is 465 g/mol. The normalized spacial score (nSPS) is 14.3. The van der Waals surface area contributed by atoms with E-state index in [0.717, 1.165) is 22.9 Å². The number of hydrogen-bond acceptors (Lipinski definition) is 8. The number of nitro benzene ring substituents is 1. The molecule has 1 aromatic carbocycles. The van der Waals surface area contributed by atoms with E-state index in [1.165, 1.54) is 4.90 Å². The summed E-state index contributed by atoms with van der Waals surface area (Å²) in [5.74, 6) is -2.41. The first-order chi connectivity index (χ1) is 16.2. The van der Waals surface area contributed by atoms with E-state index in [4.69, 9.17) is 9.47 Å². The molecule has 0 unspecified atom stereocenters. The molecule has 2 aromatic rings. The first kappa shape index (κ1) is 25.6. The molecule has 0 spiro atoms. The van der Waals surface area contributed by atoms with E-state index in [1.54, 1.807) is 41.5 Å². The molecule has 0 radical (unpaired) electrons. The minimum absolute atomic E-state index is 0.0345. The van der Waals surface area contributed by atoms with Gasteiger partial charge in [-0.25, -0.2) is 14.0 Å². The predicted octanol–water partition coefficient (Wildman–Crippen LogP) is 4.17. The second kappa shape index (κ2) is 8.96. The van der Waals surface area contributed by atoms with Crippen LogP contribution in [0.25, 0.3) is 0 Å². The molecule has 1 N–H and O–H groups in total. The van der Waals surface area contributed by atoms with Gasteiger partial charge in [0.15, 0.2) is 11.4 Å². The average Bonchev–Trinajstić information content (AvgIpc) is 3.22. The number of carbonyl (C=O) groups excluding carboxylic acids is 3. The van der Waals surface area contributed by atoms with Crippen LogP contribution in [0.2, 0.25) is 0 Å². The first-order valence-corrected chi connectivity index (χ1v) is 10.7. The summed E-state index contributed by atoms with van der Waals surface area (Å²) in [7, 11) is 0. The fourth-order valence-electron chi connectivity index (χ4n) is 3.80. The Morgan fingerprint density at radius 2 is 1.91 bits per heavy atom. The molecule has 0 bridgehead atoms. The van der Waals surface area contributed by atoms with Crippen LogP contribution in [0.4, 0.5) is 25.5 Å². The maximum Gasteiger partial charge on any atom is 0.435 e. The van der Waals surface area contributed by atoms with E-state index in [2.05, 4.69) is 10.4 Å². The summed E-state index contributed by atoms with van der Waals surface area (Å²) in [5, 5.41) is 17.8. The highest BCUT2D eigenvalue weighted by Crippen LogP contribution is 2.43. The molecule has 188 valence electrons. The van der Waals surface area contributed by atoms with Crippen molar-refractivity contribution in [3.63, 3.8) is 0 Å². The Labute approximate surface area is 200 Å². The largest absolute Gasteiger partial charge is 0.448 e. The van der Waals surface area contributed by atoms with Gasteiger partial charge in [-0.3, -0.25) is 19.8 Å². The number of ether oxygens (including phenoxy) is 2. The lowest BCUT2D eigenvalue weighted by Gasteiger charge is -2.34. The number of benzene rings is 1. The van der Waals surface area contributed by atoms with Crippen LogP contribution in [0.3, 0.4) is 0 Å². The van der Waals surface area contributed by atoms with Crippen molar-refractivity contribution < 1.29 is 33.2 Å². The number of rotatable bonds is 4. The number of anilines is 1. The number of fused-ring (bicyclic) bond motifs is 1. The maximum atomic E-state index is 14.4. The molecule has 35 heavy (non-hydrogen) atoms. The van der Waals surface area contributed by atoms with Crippen molar-refractivity contribution in [2.45, 2.75) is 59.2 Å². The lowest BCUT2D eigenvalue weighted by Crippen LogP contribution is -2.44. The van der Waals surface area contributed by atoms with Crippen molar-refractivity contribution in [2.24, 2.45) is 0 Å². The molecule has 2 amide bonds. The number of nitro groups is 1. The zero-order valence-electron chi connectivity index (χ0n) is 20.2. The van der Waals surface area contributed by atoms with E-state index in [9.17, 15) is 28.9 Å². The maximum absolute atomic E-state index is 14.4. The van der Waals surface area contributed by atoms with Gasteiger partial charge in [0.25, 0.3) is 11.6 Å². The standard InChI is InChI=1S/C22H26FN5O7/c1-7-34-20(31)27-16-12(11-26(22(16,5)6)19(30)35-21(2,3)4)17(25-27)24-18(29)15-13(23)9-8-10-14(15)28(32)33/h8-10H,7,11H2,1-6H3,(H,24,25,29). The van der Waals surface area contributed by atoms with Gasteiger partial charge in [0.1, 0.15) is 11.4 Å². The SMILES string of the molecule is CCOC(=O)n1nc(NC(=O)c2c(F)cccc2[N+](=O)[O-])c2c1C(C)(C)N(C(=O)OC(C)(C)C)C2. The van der Waals surface area contributed by atoms with Gasteiger partial charge in [0, 0.05) is 11.6 Å². The number of amides is 2. The smallest absolute Gasteiger partial charge is 0.435 e. The van der Waals surface area contributed by atoms with Gasteiger partial charge >= 0.3 is 12.2 Å². The minimum atomic E-state index is -1.14. The molecule has 1 aromatic heterocycles. The molecule has 1 aliphatic rings. The van der Waals surface area contributed by atoms with Gasteiger partial charge in [-0.1, -0.05) is 6.07 Å². The quantitative estimate of drug-likeness (QED) is 0.495. The van der Waals surface area contributed by atoms with Gasteiger partial charge in [0.2, 0.25) is 0 Å². The Bertz CT molecular complexity index is 1220. The molecule has 3 rings (SSSR count). The van der Waals surface area contributed by atoms with Crippen LogP contribution in [0.5, 0.6) is 0 Å². The molecule has 0 aliphatic carbocycles. The second-order valence-corrected chi connectivity index (χ2v) is 9.26. The monoisotopic (exact) mass is 491 g/mol. The van der Waals surface area contributed by atoms with Crippen LogP contribution in [0, 0.1) is 15.9 Å². The van der Waals surface area contributed by atoms with Gasteiger partial charge in [-0.05, 0) is 47.6 Å². The van der Waals surface area contributed by atoms with Crippen molar-refractivity contribution in [3.05, 3.63) is 51.0 Å². The minimum Gasteiger partial charge on any atom is -0.448 e. The van der Waals surface area contributed by atoms with Crippen molar-refractivity contribution in [2.75, 3.05) is 11.9 Å². The number of aromatic nitrogens is 2. The molecule has 0 atom stereocenters. The number of carbonyl (C=O) groups is 3. The zero-order valence-corrected chi connectivity index (χ0v) is 20.2. The van der Waals surface area contributed by atoms with Crippen molar-refractivity contribution in [1.29, 1.82) is 0 Å². The van der Waals surface area contributed by atoms with Gasteiger partial charge in [0.05, 0.1) is 29.3 Å². The summed E-state index contributed by atoms with van der Waals surface area (Å²) < 4.78 is 25.8. The molecule has 0 saturated carbocycles. The highest BCUT2D eigenvalue weighted by molar-refractivity contribution is 6.07. The lowest BCUT2D eigenvalue weighted by atomic mass is 10.0. The van der Waals surface area contributed by atoms with E-state index < -0.39 is 51.2 Å². The zero-order chi connectivity index (χ0) is 26.3. The van der Waals surface area contributed by atoms with E-state index in [0.29, 0.717) is 0 Å². The van der Waals surface area contributed by atoms with Crippen molar-refractivity contribution in [3.8, 4) is 0 Å². The summed E-state index contributed by atoms with van der Waals surface area (Å²) in [6.07, 6.45) is -1.53. The number of hydrogen-bond donors (Lipinski definition) is 1. The predicted molar refractivity (Wildman–Crippen MR) is 120 cm³/mol. The highest BCUT2D eigenvalue weighted by atomic mass is 19.1. The summed E-state index contributed by atoms with van der Waals surface area (Å²) in [6.45, 7) is 9.95. The molecule has 2 heterocycles. The molecular formula is C22H26FN5O7. The number of halogens is 1. The van der Waals surface area contributed by atoms with E-state index >= 15 is 0 Å². The third-order valence-electron chi connectivity index (χ3n) is 5.26. The topological polar surface area (TPSA) is 146 Å². The van der Waals surface area contributed by atoms with Crippen LogP contribution in [0.15, 0.2) is 18.2 Å². The first-order valence-electron chi connectivity index (χ1n) is 10.7. The van der Waals surface area contributed by atoms with Crippen LogP contribution in [-0.2, 0) is 21.6 Å². The molecule has 0 fully saturated rings. The third-order valence-corrected chi connectivity index (χ3v) is 5.26. The van der Waals surface area contributed by atoms with E-state index in [1.807, 2.05) is 0 Å². The van der Waals surface area contributed by atoms with Crippen LogP contribution in [0.1, 0.15) is 63.2 Å². The molecule has 13 heteroatoms. The number of nitrogens with one attached hydrogen (secondary N) is 1. The Kier molecular flexibility index (Phi) is 6.55. The summed E-state index contributed by atoms with van der Waals surface area (Å²) in [5.41, 5.74) is -2.92. The Morgan fingerprint density at radius 1 is 1.26 bits per heavy atom. The Balaban J connectivity index is 2.08. The summed E-state index contributed by atoms with van der Waals surface area (Å²) >= 11 is 0. The molecule has 0 saturated heterocycles. The second-order valence-electron chi connectivity index (χ2n) is 9.26. The molecule has 1 aliphatic heterocycles. The Hall–Kier alpha value is -4.03.